The first-order valence-electron chi connectivity index (χ1n) is 9.00. The summed E-state index contributed by atoms with van der Waals surface area (Å²) in [5.41, 5.74) is 8.08. The van der Waals surface area contributed by atoms with Crippen LogP contribution in [-0.2, 0) is 4.74 Å². The zero-order valence-electron chi connectivity index (χ0n) is 16.0. The number of nitro benzene ring substituents is 1. The van der Waals surface area contributed by atoms with Crippen molar-refractivity contribution in [3.05, 3.63) is 63.2 Å². The second-order valence-corrected chi connectivity index (χ2v) is 7.23. The lowest BCUT2D eigenvalue weighted by atomic mass is 10.2. The highest BCUT2D eigenvalue weighted by atomic mass is 35.5. The smallest absolute Gasteiger partial charge is 0.344 e. The summed E-state index contributed by atoms with van der Waals surface area (Å²) < 4.78 is 6.78. The molecule has 2 aromatic heterocycles. The van der Waals surface area contributed by atoms with Crippen molar-refractivity contribution >= 4 is 51.3 Å². The van der Waals surface area contributed by atoms with Gasteiger partial charge < -0.3 is 10.5 Å². The maximum atomic E-state index is 12.8. The number of esters is 1. The molecule has 0 aliphatic carbocycles. The average molecular weight is 426 g/mol. The van der Waals surface area contributed by atoms with Gasteiger partial charge >= 0.3 is 5.97 Å². The molecule has 2 N–H and O–H groups in total. The minimum atomic E-state index is -0.653. The standard InChI is InChI=1S/C20H16ClN5O4/c1-10(2)30-20(27)16-17-19(24-14-6-4-3-5-13(14)23-17)25(18(16)22)11-7-8-12(21)15(9-11)26(28)29/h3-10H,22H2,1-2H3. The SMILES string of the molecule is CC(C)OC(=O)c1c(N)n(-c2ccc(Cl)c([N+](=O)[O-])c2)c2nc3ccccc3nc12. The molecule has 0 amide bonds. The lowest BCUT2D eigenvalue weighted by Crippen LogP contribution is -2.13. The molecule has 0 atom stereocenters. The molecule has 2 heterocycles. The van der Waals surface area contributed by atoms with E-state index >= 15 is 0 Å². The second kappa shape index (κ2) is 7.27. The van der Waals surface area contributed by atoms with E-state index in [0.717, 1.165) is 0 Å². The Morgan fingerprint density at radius 3 is 2.50 bits per heavy atom. The lowest BCUT2D eigenvalue weighted by Gasteiger charge is -2.09. The number of carbonyl (C=O) groups is 1. The van der Waals surface area contributed by atoms with E-state index in [0.29, 0.717) is 16.7 Å². The summed E-state index contributed by atoms with van der Waals surface area (Å²) in [6.07, 6.45) is -0.375. The fourth-order valence-electron chi connectivity index (χ4n) is 3.18. The number of halogens is 1. The summed E-state index contributed by atoms with van der Waals surface area (Å²) in [5, 5.41) is 11.3. The van der Waals surface area contributed by atoms with Crippen LogP contribution < -0.4 is 5.73 Å². The van der Waals surface area contributed by atoms with Gasteiger partial charge in [0, 0.05) is 6.07 Å². The van der Waals surface area contributed by atoms with Gasteiger partial charge in [-0.2, -0.15) is 0 Å². The molecule has 4 aromatic rings. The molecular formula is C20H16ClN5O4. The molecule has 0 aliphatic heterocycles. The number of anilines is 1. The predicted octanol–water partition coefficient (Wildman–Crippen LogP) is 4.28. The van der Waals surface area contributed by atoms with Gasteiger partial charge in [-0.05, 0) is 38.1 Å². The lowest BCUT2D eigenvalue weighted by molar-refractivity contribution is -0.384. The van der Waals surface area contributed by atoms with Crippen molar-refractivity contribution in [1.82, 2.24) is 14.5 Å². The van der Waals surface area contributed by atoms with Gasteiger partial charge in [0.25, 0.3) is 5.69 Å². The summed E-state index contributed by atoms with van der Waals surface area (Å²) in [5.74, 6) is -0.637. The Kier molecular flexibility index (Phi) is 4.75. The molecule has 0 saturated carbocycles. The second-order valence-electron chi connectivity index (χ2n) is 6.83. The predicted molar refractivity (Wildman–Crippen MR) is 113 cm³/mol. The number of ether oxygens (including phenoxy) is 1. The summed E-state index contributed by atoms with van der Waals surface area (Å²) >= 11 is 5.94. The molecule has 0 fully saturated rings. The highest BCUT2D eigenvalue weighted by molar-refractivity contribution is 6.32. The van der Waals surface area contributed by atoms with E-state index in [1.54, 1.807) is 44.2 Å². The maximum absolute atomic E-state index is 12.8. The largest absolute Gasteiger partial charge is 0.459 e. The monoisotopic (exact) mass is 425 g/mol. The van der Waals surface area contributed by atoms with Gasteiger partial charge in [-0.15, -0.1) is 0 Å². The fourth-order valence-corrected chi connectivity index (χ4v) is 3.36. The molecule has 152 valence electrons. The van der Waals surface area contributed by atoms with Crippen LogP contribution in [0.15, 0.2) is 42.5 Å². The van der Waals surface area contributed by atoms with E-state index in [4.69, 9.17) is 22.1 Å². The highest BCUT2D eigenvalue weighted by Crippen LogP contribution is 2.34. The topological polar surface area (TPSA) is 126 Å². The van der Waals surface area contributed by atoms with Crippen molar-refractivity contribution in [3.8, 4) is 5.69 Å². The van der Waals surface area contributed by atoms with Crippen molar-refractivity contribution in [2.45, 2.75) is 20.0 Å². The third-order valence-corrected chi connectivity index (χ3v) is 4.75. The number of nitrogens with two attached hydrogens (primary N) is 1. The van der Waals surface area contributed by atoms with Crippen molar-refractivity contribution in [3.63, 3.8) is 0 Å². The van der Waals surface area contributed by atoms with Crippen LogP contribution in [0.5, 0.6) is 0 Å². The number of hydrogen-bond acceptors (Lipinski definition) is 7. The normalized spacial score (nSPS) is 11.3. The third kappa shape index (κ3) is 3.18. The molecule has 30 heavy (non-hydrogen) atoms. The van der Waals surface area contributed by atoms with Crippen molar-refractivity contribution in [1.29, 1.82) is 0 Å². The van der Waals surface area contributed by atoms with Crippen LogP contribution in [0.1, 0.15) is 24.2 Å². The number of rotatable bonds is 4. The van der Waals surface area contributed by atoms with Crippen LogP contribution >= 0.6 is 11.6 Å². The van der Waals surface area contributed by atoms with E-state index in [9.17, 15) is 14.9 Å². The van der Waals surface area contributed by atoms with E-state index in [1.807, 2.05) is 0 Å². The summed E-state index contributed by atoms with van der Waals surface area (Å²) in [7, 11) is 0. The highest BCUT2D eigenvalue weighted by Gasteiger charge is 2.27. The minimum absolute atomic E-state index is 0.0163. The number of hydrogen-bond donors (Lipinski definition) is 1. The molecule has 10 heteroatoms. The molecule has 2 aromatic carbocycles. The van der Waals surface area contributed by atoms with Crippen molar-refractivity contribution in [2.24, 2.45) is 0 Å². The number of nitrogens with zero attached hydrogens (tertiary/aromatic N) is 4. The molecule has 9 nitrogen and oxygen atoms in total. The number of para-hydroxylation sites is 2. The third-order valence-electron chi connectivity index (χ3n) is 4.43. The first-order chi connectivity index (χ1) is 14.3. The number of nitrogen functional groups attached to an aromatic ring is 1. The molecule has 0 unspecified atom stereocenters. The quantitative estimate of drug-likeness (QED) is 0.293. The van der Waals surface area contributed by atoms with Gasteiger partial charge in [-0.1, -0.05) is 23.7 Å². The zero-order valence-corrected chi connectivity index (χ0v) is 16.8. The van der Waals surface area contributed by atoms with E-state index in [2.05, 4.69) is 9.97 Å². The maximum Gasteiger partial charge on any atom is 0.344 e. The number of carbonyl (C=O) groups excluding carboxylic acids is 1. The molecule has 0 radical (unpaired) electrons. The Labute approximate surface area is 175 Å². The first-order valence-corrected chi connectivity index (χ1v) is 9.37. The first kappa shape index (κ1) is 19.6. The van der Waals surface area contributed by atoms with Crippen LogP contribution in [0, 0.1) is 10.1 Å². The Morgan fingerprint density at radius 2 is 1.87 bits per heavy atom. The van der Waals surface area contributed by atoms with Crippen LogP contribution in [-0.4, -0.2) is 31.5 Å². The van der Waals surface area contributed by atoms with Crippen LogP contribution in [0.3, 0.4) is 0 Å². The molecule has 4 rings (SSSR count). The fraction of sp³-hybridized carbons (Fsp3) is 0.150. The van der Waals surface area contributed by atoms with E-state index < -0.39 is 10.9 Å². The Morgan fingerprint density at radius 1 is 1.20 bits per heavy atom. The van der Waals surface area contributed by atoms with Crippen molar-refractivity contribution < 1.29 is 14.5 Å². The summed E-state index contributed by atoms with van der Waals surface area (Å²) in [6.45, 7) is 3.44. The van der Waals surface area contributed by atoms with Gasteiger partial charge in [0.2, 0.25) is 0 Å². The summed E-state index contributed by atoms with van der Waals surface area (Å²) in [6, 6.07) is 11.4. The zero-order chi connectivity index (χ0) is 21.6. The van der Waals surface area contributed by atoms with E-state index in [-0.39, 0.29) is 39.4 Å². The number of benzene rings is 2. The van der Waals surface area contributed by atoms with Crippen LogP contribution in [0.25, 0.3) is 27.9 Å². The van der Waals surface area contributed by atoms with Crippen LogP contribution in [0.2, 0.25) is 5.02 Å². The van der Waals surface area contributed by atoms with Gasteiger partial charge in [-0.25, -0.2) is 14.8 Å². The van der Waals surface area contributed by atoms with Gasteiger partial charge in [0.05, 0.1) is 27.7 Å². The molecule has 0 saturated heterocycles. The van der Waals surface area contributed by atoms with E-state index in [1.165, 1.54) is 16.7 Å². The van der Waals surface area contributed by atoms with Gasteiger partial charge in [-0.3, -0.25) is 14.7 Å². The number of fused-ring (bicyclic) bond motifs is 2. The number of nitro groups is 1. The molecule has 0 spiro atoms. The Hall–Kier alpha value is -3.72. The molecular weight excluding hydrogens is 410 g/mol. The Balaban J connectivity index is 2.08. The van der Waals surface area contributed by atoms with Crippen molar-refractivity contribution in [2.75, 3.05) is 5.73 Å². The Bertz CT molecular complexity index is 1330. The van der Waals surface area contributed by atoms with Gasteiger partial charge in [0.15, 0.2) is 5.65 Å². The van der Waals surface area contributed by atoms with Gasteiger partial charge in [0.1, 0.15) is 21.9 Å². The average Bonchev–Trinajstić information content (AvgIpc) is 2.96. The molecule has 0 aliphatic rings. The van der Waals surface area contributed by atoms with Crippen LogP contribution in [0.4, 0.5) is 11.5 Å². The number of aromatic nitrogens is 3. The summed E-state index contributed by atoms with van der Waals surface area (Å²) in [4.78, 5) is 32.7. The molecule has 0 bridgehead atoms. The minimum Gasteiger partial charge on any atom is -0.459 e.